The van der Waals surface area contributed by atoms with Crippen LogP contribution in [0, 0.1) is 0 Å². The van der Waals surface area contributed by atoms with Crippen LogP contribution < -0.4 is 0 Å². The van der Waals surface area contributed by atoms with Crippen molar-refractivity contribution in [3.63, 3.8) is 0 Å². The van der Waals surface area contributed by atoms with E-state index in [9.17, 15) is 0 Å². The van der Waals surface area contributed by atoms with E-state index in [4.69, 9.17) is 4.11 Å². The average Bonchev–Trinajstić information content (AvgIpc) is 2.08. The Morgan fingerprint density at radius 3 is 2.67 bits per heavy atom. The largest absolute Gasteiger partial charge is 0.188 e. The fourth-order valence-corrected chi connectivity index (χ4v) is 0.216. The van der Waals surface area contributed by atoms with Gasteiger partial charge in [0.15, 0.2) is 0 Å². The Morgan fingerprint density at radius 1 is 1.67 bits per heavy atom. The predicted octanol–water partition coefficient (Wildman–Crippen LogP) is -0.185. The summed E-state index contributed by atoms with van der Waals surface area (Å²) < 4.78 is 20.3. The van der Waals surface area contributed by atoms with Gasteiger partial charge in [-0.1, -0.05) is 0 Å². The monoisotopic (exact) mass is 86.1 g/mol. The molecule has 3 heteroatoms. The maximum absolute atomic E-state index is 6.76. The summed E-state index contributed by atoms with van der Waals surface area (Å²) in [6, 6.07) is 0. The van der Waals surface area contributed by atoms with Gasteiger partial charge in [0, 0.05) is 11.1 Å². The molecule has 0 atom stereocenters. The van der Waals surface area contributed by atoms with Gasteiger partial charge in [0.1, 0.15) is 0 Å². The molecule has 0 unspecified atom stereocenters. The minimum Gasteiger partial charge on any atom is -0.188 e. The minimum absolute atomic E-state index is 0.688. The van der Waals surface area contributed by atoms with E-state index >= 15 is 0 Å². The first-order valence-electron chi connectivity index (χ1n) is 2.97. The summed E-state index contributed by atoms with van der Waals surface area (Å²) in [4.78, 5) is 0.688. The summed E-state index contributed by atoms with van der Waals surface area (Å²) in [5, 5.41) is 6.86. The maximum atomic E-state index is 6.76. The molecule has 3 nitrogen and oxygen atoms in total. The normalized spacial score (nSPS) is 18.3. The van der Waals surface area contributed by atoms with Gasteiger partial charge in [-0.05, 0) is 0 Å². The number of hydrogen-bond acceptors (Lipinski definition) is 2. The summed E-state index contributed by atoms with van der Waals surface area (Å²) in [7, 11) is 0. The lowest BCUT2D eigenvalue weighted by molar-refractivity contribution is 0.654. The molecule has 0 aliphatic rings. The van der Waals surface area contributed by atoms with E-state index in [0.29, 0.717) is 4.80 Å². The van der Waals surface area contributed by atoms with Crippen molar-refractivity contribution in [3.05, 3.63) is 12.4 Å². The molecule has 0 fully saturated rings. The zero-order chi connectivity index (χ0) is 6.91. The molecule has 1 aromatic rings. The highest BCUT2D eigenvalue weighted by molar-refractivity contribution is 4.57. The third-order valence-corrected chi connectivity index (χ3v) is 0.419. The highest BCUT2D eigenvalue weighted by atomic mass is 15.4. The number of nitrogens with zero attached hydrogens (tertiary/aromatic N) is 3. The van der Waals surface area contributed by atoms with Crippen LogP contribution in [-0.2, 0) is 6.98 Å². The van der Waals surface area contributed by atoms with Gasteiger partial charge < -0.3 is 0 Å². The molecular weight excluding hydrogens is 78.1 g/mol. The molecule has 1 rings (SSSR count). The maximum Gasteiger partial charge on any atom is 0.0692 e. The summed E-state index contributed by atoms with van der Waals surface area (Å²) in [6.07, 6.45) is 2.65. The first kappa shape index (κ1) is 1.33. The molecule has 0 aromatic carbocycles. The first-order chi connectivity index (χ1) is 4.11. The van der Waals surface area contributed by atoms with Crippen LogP contribution in [0.25, 0.3) is 0 Å². The number of rotatable bonds is 0. The molecule has 0 N–H and O–H groups in total. The standard InChI is InChI=1S/C3H5N3/c1-6-4-2-3-5-6/h2-3H,1H3/i1D3. The molecule has 0 amide bonds. The SMILES string of the molecule is [2H]C([2H])([2H])n1nccn1. The molecule has 0 aliphatic heterocycles. The second kappa shape index (κ2) is 1.08. The lowest BCUT2D eigenvalue weighted by Gasteiger charge is -1.75. The summed E-state index contributed by atoms with van der Waals surface area (Å²) in [5.74, 6) is 0. The zero-order valence-corrected chi connectivity index (χ0v) is 3.00. The van der Waals surface area contributed by atoms with Gasteiger partial charge >= 0.3 is 0 Å². The fourth-order valence-electron chi connectivity index (χ4n) is 0.216. The van der Waals surface area contributed by atoms with E-state index in [0.717, 1.165) is 0 Å². The molecule has 0 aliphatic carbocycles. The Balaban J connectivity index is 2.90. The van der Waals surface area contributed by atoms with Gasteiger partial charge in [-0.3, -0.25) is 0 Å². The molecule has 0 saturated carbocycles. The summed E-state index contributed by atoms with van der Waals surface area (Å²) in [5.41, 5.74) is 0. The molecule has 6 heavy (non-hydrogen) atoms. The van der Waals surface area contributed by atoms with Crippen molar-refractivity contribution in [2.24, 2.45) is 6.98 Å². The molecule has 0 bridgehead atoms. The van der Waals surface area contributed by atoms with Gasteiger partial charge in [0.2, 0.25) is 0 Å². The Kier molecular flexibility index (Phi) is 0.240. The van der Waals surface area contributed by atoms with Gasteiger partial charge in [0.05, 0.1) is 12.4 Å². The van der Waals surface area contributed by atoms with E-state index in [2.05, 4.69) is 10.2 Å². The molecule has 0 saturated heterocycles. The van der Waals surface area contributed by atoms with E-state index in [-0.39, 0.29) is 0 Å². The first-order valence-corrected chi connectivity index (χ1v) is 1.47. The Bertz CT molecular complexity index is 177. The Morgan fingerprint density at radius 2 is 2.33 bits per heavy atom. The van der Waals surface area contributed by atoms with Crippen molar-refractivity contribution < 1.29 is 4.11 Å². The van der Waals surface area contributed by atoms with Crippen LogP contribution in [0.1, 0.15) is 4.11 Å². The number of aromatic nitrogens is 3. The number of hydrogen-bond donors (Lipinski definition) is 0. The fraction of sp³-hybridized carbons (Fsp3) is 0.333. The third-order valence-electron chi connectivity index (χ3n) is 0.419. The Labute approximate surface area is 39.8 Å². The third kappa shape index (κ3) is 0.381. The number of aryl methyl sites for hydroxylation is 1. The van der Waals surface area contributed by atoms with Crippen LogP contribution in [0.3, 0.4) is 0 Å². The van der Waals surface area contributed by atoms with E-state index < -0.39 is 6.98 Å². The van der Waals surface area contributed by atoms with Crippen molar-refractivity contribution >= 4 is 0 Å². The smallest absolute Gasteiger partial charge is 0.0692 e. The topological polar surface area (TPSA) is 30.7 Å². The Hall–Kier alpha value is -0.860. The van der Waals surface area contributed by atoms with Crippen molar-refractivity contribution in [1.82, 2.24) is 15.0 Å². The van der Waals surface area contributed by atoms with Gasteiger partial charge in [-0.15, -0.1) is 0 Å². The molecule has 0 radical (unpaired) electrons. The van der Waals surface area contributed by atoms with Crippen molar-refractivity contribution in [3.8, 4) is 0 Å². The second-order valence-electron chi connectivity index (χ2n) is 0.819. The molecule has 32 valence electrons. The zero-order valence-electron chi connectivity index (χ0n) is 6.00. The molecule has 1 aromatic heterocycles. The highest BCUT2D eigenvalue weighted by Gasteiger charge is 1.70. The van der Waals surface area contributed by atoms with E-state index in [1.54, 1.807) is 0 Å². The minimum atomic E-state index is -2.23. The summed E-state index contributed by atoms with van der Waals surface area (Å²) >= 11 is 0. The van der Waals surface area contributed by atoms with Gasteiger partial charge in [-0.25, -0.2) is 0 Å². The van der Waals surface area contributed by atoms with E-state index in [1.807, 2.05) is 0 Å². The van der Waals surface area contributed by atoms with Crippen LogP contribution in [-0.4, -0.2) is 15.0 Å². The second-order valence-corrected chi connectivity index (χ2v) is 0.819. The van der Waals surface area contributed by atoms with Gasteiger partial charge in [0.25, 0.3) is 0 Å². The lowest BCUT2D eigenvalue weighted by Crippen LogP contribution is -1.89. The molecule has 1 heterocycles. The van der Waals surface area contributed by atoms with E-state index in [1.165, 1.54) is 12.4 Å². The van der Waals surface area contributed by atoms with Crippen LogP contribution in [0.4, 0.5) is 0 Å². The van der Waals surface area contributed by atoms with Crippen molar-refractivity contribution in [2.75, 3.05) is 0 Å². The van der Waals surface area contributed by atoms with Crippen LogP contribution in [0.2, 0.25) is 0 Å². The van der Waals surface area contributed by atoms with Crippen molar-refractivity contribution in [2.45, 2.75) is 0 Å². The van der Waals surface area contributed by atoms with Crippen LogP contribution >= 0.6 is 0 Å². The predicted molar refractivity (Wildman–Crippen MR) is 21.0 cm³/mol. The van der Waals surface area contributed by atoms with Crippen LogP contribution in [0.15, 0.2) is 12.4 Å². The molecule has 0 spiro atoms. The van der Waals surface area contributed by atoms with Crippen molar-refractivity contribution in [1.29, 1.82) is 0 Å². The lowest BCUT2D eigenvalue weighted by atomic mass is 11.0. The summed E-state index contributed by atoms with van der Waals surface area (Å²) in [6.45, 7) is -2.23. The van der Waals surface area contributed by atoms with Gasteiger partial charge in [-0.2, -0.15) is 15.0 Å². The van der Waals surface area contributed by atoms with Crippen LogP contribution in [0.5, 0.6) is 0 Å². The highest BCUT2D eigenvalue weighted by Crippen LogP contribution is 1.64. The molecular formula is C3H5N3. The quantitative estimate of drug-likeness (QED) is 0.438. The average molecular weight is 86.1 g/mol.